The maximum Gasteiger partial charge on any atom is -0.147 e. The molecule has 0 bridgehead atoms. The van der Waals surface area contributed by atoms with Crippen LogP contribution >= 0.6 is 12.4 Å². The largest absolute Gasteiger partial charge is 0.147 e. The molecule has 0 amide bonds. The summed E-state index contributed by atoms with van der Waals surface area (Å²) in [4.78, 5) is 2.25. The molecule has 1 rings (SSSR count). The van der Waals surface area contributed by atoms with Crippen LogP contribution < -0.4 is 14.0 Å². The van der Waals surface area contributed by atoms with Gasteiger partial charge in [-0.2, -0.15) is 0 Å². The first-order valence-electron chi connectivity index (χ1n) is 6.40. The number of halogens is 1. The molecule has 0 aliphatic heterocycles. The standard InChI is InChI=1S/C13H23AsN2O2S.ClH/c1-5-16(6-2)11-7-8-13(14)12(9-11)10(3)15-19(4,17)18;/h7-10,15H,5-6,14H2,1-4H3;1H. The predicted molar refractivity (Wildman–Crippen MR) is 91.8 cm³/mol. The smallest absolute Gasteiger partial charge is 0.147 e. The van der Waals surface area contributed by atoms with Crippen molar-refractivity contribution < 1.29 is 8.42 Å². The van der Waals surface area contributed by atoms with Crippen molar-refractivity contribution in [3.8, 4) is 0 Å². The van der Waals surface area contributed by atoms with Gasteiger partial charge in [0.05, 0.1) is 0 Å². The van der Waals surface area contributed by atoms with Gasteiger partial charge >= 0.3 is 125 Å². The van der Waals surface area contributed by atoms with E-state index in [0.717, 1.165) is 28.7 Å². The second-order valence-electron chi connectivity index (χ2n) is 4.60. The zero-order valence-corrected chi connectivity index (χ0v) is 16.4. The number of rotatable bonds is 6. The Balaban J connectivity index is 0.00000361. The first kappa shape index (κ1) is 19.8. The molecule has 1 N–H and O–H groups in total. The van der Waals surface area contributed by atoms with Crippen molar-refractivity contribution >= 4 is 49.3 Å². The van der Waals surface area contributed by atoms with Gasteiger partial charge in [0, 0.05) is 0 Å². The number of benzene rings is 1. The molecule has 0 fully saturated rings. The van der Waals surface area contributed by atoms with Crippen LogP contribution in [0.25, 0.3) is 0 Å². The van der Waals surface area contributed by atoms with E-state index >= 15 is 0 Å². The van der Waals surface area contributed by atoms with Gasteiger partial charge in [-0.05, 0) is 0 Å². The van der Waals surface area contributed by atoms with Crippen molar-refractivity contribution in [1.29, 1.82) is 0 Å². The molecule has 0 heterocycles. The summed E-state index contributed by atoms with van der Waals surface area (Å²) in [5.74, 6) is 0. The summed E-state index contributed by atoms with van der Waals surface area (Å²) in [6, 6.07) is 6.06. The number of anilines is 1. The molecule has 0 saturated heterocycles. The first-order chi connectivity index (χ1) is 8.78. The minimum absolute atomic E-state index is 0. The Bertz CT molecular complexity index is 533. The average molecular weight is 383 g/mol. The maximum absolute atomic E-state index is 11.3. The van der Waals surface area contributed by atoms with E-state index < -0.39 is 10.0 Å². The van der Waals surface area contributed by atoms with E-state index in [4.69, 9.17) is 0 Å². The monoisotopic (exact) mass is 382 g/mol. The minimum Gasteiger partial charge on any atom is -0.147 e. The predicted octanol–water partition coefficient (Wildman–Crippen LogP) is 0.823. The molecule has 0 aliphatic carbocycles. The van der Waals surface area contributed by atoms with Crippen molar-refractivity contribution in [2.45, 2.75) is 26.8 Å². The minimum atomic E-state index is -3.19. The Hall–Kier alpha value is -0.222. The Morgan fingerprint density at radius 3 is 2.30 bits per heavy atom. The molecule has 116 valence electrons. The molecule has 7 heteroatoms. The van der Waals surface area contributed by atoms with Crippen molar-refractivity contribution in [1.82, 2.24) is 4.72 Å². The van der Waals surface area contributed by atoms with E-state index in [9.17, 15) is 8.42 Å². The maximum atomic E-state index is 11.3. The van der Waals surface area contributed by atoms with Gasteiger partial charge in [0.1, 0.15) is 0 Å². The van der Waals surface area contributed by atoms with Gasteiger partial charge < -0.3 is 0 Å². The fourth-order valence-corrected chi connectivity index (χ4v) is 3.78. The molecule has 4 nitrogen and oxygen atoms in total. The Kier molecular flexibility index (Phi) is 8.19. The van der Waals surface area contributed by atoms with Crippen LogP contribution in [0.15, 0.2) is 18.2 Å². The number of hydrogen-bond acceptors (Lipinski definition) is 3. The van der Waals surface area contributed by atoms with E-state index in [2.05, 4.69) is 41.7 Å². The quantitative estimate of drug-likeness (QED) is 0.741. The van der Waals surface area contributed by atoms with Crippen LogP contribution in [0.5, 0.6) is 0 Å². The van der Waals surface area contributed by atoms with Crippen molar-refractivity contribution in [3.63, 3.8) is 0 Å². The Labute approximate surface area is 137 Å². The van der Waals surface area contributed by atoms with E-state index in [1.54, 1.807) is 0 Å². The second-order valence-corrected chi connectivity index (χ2v) is 7.68. The second kappa shape index (κ2) is 8.28. The number of sulfonamides is 1. The van der Waals surface area contributed by atoms with E-state index in [1.165, 1.54) is 23.1 Å². The van der Waals surface area contributed by atoms with Gasteiger partial charge in [-0.25, -0.2) is 0 Å². The molecule has 20 heavy (non-hydrogen) atoms. The van der Waals surface area contributed by atoms with Gasteiger partial charge in [-0.15, -0.1) is 12.4 Å². The summed E-state index contributed by atoms with van der Waals surface area (Å²) in [5, 5.41) is 0. The fraction of sp³-hybridized carbons (Fsp3) is 0.538. The average Bonchev–Trinajstić information content (AvgIpc) is 2.30. The molecular formula is C13H24AsClN2O2S. The van der Waals surface area contributed by atoms with E-state index in [1.807, 2.05) is 6.92 Å². The third kappa shape index (κ3) is 5.64. The SMILES string of the molecule is CCN(CC)c1ccc([AsH2])c(C(C)NS(C)(=O)=O)c1.Cl. The third-order valence-corrected chi connectivity index (χ3v) is 4.94. The van der Waals surface area contributed by atoms with Crippen molar-refractivity contribution in [3.05, 3.63) is 23.8 Å². The Morgan fingerprint density at radius 2 is 1.85 bits per heavy atom. The molecule has 0 radical (unpaired) electrons. The van der Waals surface area contributed by atoms with Crippen LogP contribution in [0.3, 0.4) is 0 Å². The van der Waals surface area contributed by atoms with Crippen LogP contribution in [0.4, 0.5) is 5.69 Å². The van der Waals surface area contributed by atoms with Crippen LogP contribution in [-0.2, 0) is 10.0 Å². The van der Waals surface area contributed by atoms with Crippen LogP contribution in [0.1, 0.15) is 32.4 Å². The summed E-state index contributed by atoms with van der Waals surface area (Å²) >= 11 is 1.51. The number of nitrogens with one attached hydrogen (secondary N) is 1. The first-order valence-corrected chi connectivity index (χ1v) is 9.50. The normalized spacial score (nSPS) is 12.7. The summed E-state index contributed by atoms with van der Waals surface area (Å²) < 4.78 is 26.5. The molecule has 2 unspecified atom stereocenters. The van der Waals surface area contributed by atoms with Gasteiger partial charge in [-0.1, -0.05) is 0 Å². The summed E-state index contributed by atoms with van der Waals surface area (Å²) in [5.41, 5.74) is 2.19. The molecule has 2 atom stereocenters. The zero-order chi connectivity index (χ0) is 14.6. The van der Waals surface area contributed by atoms with E-state index in [-0.39, 0.29) is 18.4 Å². The summed E-state index contributed by atoms with van der Waals surface area (Å²) in [6.45, 7) is 8.00. The number of hydrogen-bond donors (Lipinski definition) is 1. The molecule has 0 aromatic heterocycles. The molecule has 1 aromatic carbocycles. The van der Waals surface area contributed by atoms with Crippen LogP contribution in [0, 0.1) is 0 Å². The van der Waals surface area contributed by atoms with Crippen LogP contribution in [-0.4, -0.2) is 44.6 Å². The van der Waals surface area contributed by atoms with Crippen molar-refractivity contribution in [2.24, 2.45) is 0 Å². The molecule has 1 aromatic rings. The third-order valence-electron chi connectivity index (χ3n) is 3.06. The van der Waals surface area contributed by atoms with Gasteiger partial charge in [0.15, 0.2) is 0 Å². The van der Waals surface area contributed by atoms with Gasteiger partial charge in [-0.3, -0.25) is 0 Å². The van der Waals surface area contributed by atoms with E-state index in [0.29, 0.717) is 0 Å². The van der Waals surface area contributed by atoms with Crippen molar-refractivity contribution in [2.75, 3.05) is 24.2 Å². The van der Waals surface area contributed by atoms with Gasteiger partial charge in [0.2, 0.25) is 0 Å². The summed E-state index contributed by atoms with van der Waals surface area (Å²) in [6.07, 6.45) is 1.19. The fourth-order valence-electron chi connectivity index (χ4n) is 2.11. The molecular weight excluding hydrogens is 359 g/mol. The van der Waals surface area contributed by atoms with Gasteiger partial charge in [0.25, 0.3) is 0 Å². The zero-order valence-electron chi connectivity index (χ0n) is 12.4. The summed E-state index contributed by atoms with van der Waals surface area (Å²) in [7, 11) is -3.19. The molecule has 0 saturated carbocycles. The van der Waals surface area contributed by atoms with Crippen LogP contribution in [0.2, 0.25) is 0 Å². The topological polar surface area (TPSA) is 49.4 Å². The molecule has 0 aliphatic rings. The number of nitrogens with zero attached hydrogens (tertiary/aromatic N) is 1. The Morgan fingerprint density at radius 1 is 1.30 bits per heavy atom. The molecule has 0 spiro atoms.